The van der Waals surface area contributed by atoms with Gasteiger partial charge in [-0.05, 0) is 39.5 Å². The lowest BCUT2D eigenvalue weighted by Crippen LogP contribution is -2.38. The first-order valence-corrected chi connectivity index (χ1v) is 5.64. The van der Waals surface area contributed by atoms with Gasteiger partial charge in [0.25, 0.3) is 0 Å². The van der Waals surface area contributed by atoms with E-state index in [2.05, 4.69) is 11.4 Å². The first-order chi connectivity index (χ1) is 6.97. The van der Waals surface area contributed by atoms with E-state index in [-0.39, 0.29) is 5.91 Å². The number of carbonyl (C=O) groups excluding carboxylic acids is 1. The highest BCUT2D eigenvalue weighted by molar-refractivity contribution is 5.78. The van der Waals surface area contributed by atoms with Crippen LogP contribution in [0.2, 0.25) is 0 Å². The van der Waals surface area contributed by atoms with Crippen molar-refractivity contribution in [2.75, 3.05) is 6.54 Å². The number of hydrogen-bond acceptors (Lipinski definition) is 2. The molecule has 0 saturated carbocycles. The summed E-state index contributed by atoms with van der Waals surface area (Å²) in [5.74, 6) is 0.0188. The molecule has 1 amide bonds. The van der Waals surface area contributed by atoms with Gasteiger partial charge in [0.1, 0.15) is 0 Å². The molecule has 0 aromatic heterocycles. The third-order valence-corrected chi connectivity index (χ3v) is 2.49. The molecular formula is C12H21NO2. The van der Waals surface area contributed by atoms with Crippen LogP contribution in [0.1, 0.15) is 46.0 Å². The van der Waals surface area contributed by atoms with Crippen LogP contribution >= 0.6 is 0 Å². The van der Waals surface area contributed by atoms with Crippen molar-refractivity contribution in [2.45, 2.75) is 51.6 Å². The van der Waals surface area contributed by atoms with Gasteiger partial charge < -0.3 is 10.4 Å². The molecule has 1 aliphatic carbocycles. The van der Waals surface area contributed by atoms with E-state index in [1.165, 1.54) is 18.4 Å². The Kier molecular flexibility index (Phi) is 4.33. The lowest BCUT2D eigenvalue weighted by atomic mass is 9.97. The van der Waals surface area contributed by atoms with Crippen molar-refractivity contribution in [1.29, 1.82) is 0 Å². The van der Waals surface area contributed by atoms with Crippen LogP contribution in [0.15, 0.2) is 11.6 Å². The molecule has 0 spiro atoms. The fourth-order valence-corrected chi connectivity index (χ4v) is 1.65. The quantitative estimate of drug-likeness (QED) is 0.696. The first-order valence-electron chi connectivity index (χ1n) is 5.64. The van der Waals surface area contributed by atoms with Crippen molar-refractivity contribution >= 4 is 5.91 Å². The van der Waals surface area contributed by atoms with Crippen LogP contribution in [0.5, 0.6) is 0 Å². The SMILES string of the molecule is CC(C)(O)CNC(=O)CC1=CCCCC1. The standard InChI is InChI=1S/C12H21NO2/c1-12(2,15)9-13-11(14)8-10-6-4-3-5-7-10/h6,15H,3-5,7-9H2,1-2H3,(H,13,14). The molecule has 3 heteroatoms. The highest BCUT2D eigenvalue weighted by atomic mass is 16.3. The molecule has 15 heavy (non-hydrogen) atoms. The van der Waals surface area contributed by atoms with Crippen LogP contribution in [-0.4, -0.2) is 23.2 Å². The summed E-state index contributed by atoms with van der Waals surface area (Å²) in [5.41, 5.74) is 0.422. The van der Waals surface area contributed by atoms with Gasteiger partial charge in [0.05, 0.1) is 5.60 Å². The molecule has 0 unspecified atom stereocenters. The summed E-state index contributed by atoms with van der Waals surface area (Å²) >= 11 is 0. The molecule has 3 nitrogen and oxygen atoms in total. The van der Waals surface area contributed by atoms with E-state index >= 15 is 0 Å². The molecule has 0 aromatic rings. The van der Waals surface area contributed by atoms with Gasteiger partial charge in [0.15, 0.2) is 0 Å². The molecule has 0 atom stereocenters. The smallest absolute Gasteiger partial charge is 0.224 e. The lowest BCUT2D eigenvalue weighted by Gasteiger charge is -2.18. The van der Waals surface area contributed by atoms with E-state index in [0.29, 0.717) is 13.0 Å². The van der Waals surface area contributed by atoms with Crippen molar-refractivity contribution in [1.82, 2.24) is 5.32 Å². The predicted octanol–water partition coefficient (Wildman–Crippen LogP) is 1.76. The number of nitrogens with one attached hydrogen (secondary N) is 1. The normalized spacial score (nSPS) is 17.1. The highest BCUT2D eigenvalue weighted by Gasteiger charge is 2.14. The maximum absolute atomic E-state index is 11.5. The number of allylic oxidation sites excluding steroid dienone is 1. The molecule has 0 saturated heterocycles. The summed E-state index contributed by atoms with van der Waals surface area (Å²) in [7, 11) is 0. The van der Waals surface area contributed by atoms with Crippen LogP contribution in [0, 0.1) is 0 Å². The van der Waals surface area contributed by atoms with Gasteiger partial charge in [0, 0.05) is 13.0 Å². The maximum Gasteiger partial charge on any atom is 0.224 e. The third-order valence-electron chi connectivity index (χ3n) is 2.49. The topological polar surface area (TPSA) is 49.3 Å². The largest absolute Gasteiger partial charge is 0.389 e. The Morgan fingerprint density at radius 2 is 2.27 bits per heavy atom. The Labute approximate surface area is 91.6 Å². The zero-order chi connectivity index (χ0) is 11.3. The Morgan fingerprint density at radius 3 is 2.80 bits per heavy atom. The summed E-state index contributed by atoms with van der Waals surface area (Å²) in [6, 6.07) is 0. The van der Waals surface area contributed by atoms with Gasteiger partial charge in [-0.25, -0.2) is 0 Å². The molecule has 0 radical (unpaired) electrons. The minimum atomic E-state index is -0.823. The summed E-state index contributed by atoms with van der Waals surface area (Å²) in [6.07, 6.45) is 7.27. The minimum absolute atomic E-state index is 0.0188. The van der Waals surface area contributed by atoms with Gasteiger partial charge in [0.2, 0.25) is 5.91 Å². The molecule has 86 valence electrons. The molecule has 0 aliphatic heterocycles. The Bertz CT molecular complexity index is 251. The van der Waals surface area contributed by atoms with Crippen LogP contribution in [0.25, 0.3) is 0 Å². The summed E-state index contributed by atoms with van der Waals surface area (Å²) in [6.45, 7) is 3.69. The summed E-state index contributed by atoms with van der Waals surface area (Å²) in [5, 5.41) is 12.2. The second kappa shape index (κ2) is 5.31. The molecular weight excluding hydrogens is 190 g/mol. The van der Waals surface area contributed by atoms with Crippen molar-refractivity contribution in [3.8, 4) is 0 Å². The monoisotopic (exact) mass is 211 g/mol. The number of rotatable bonds is 4. The van der Waals surface area contributed by atoms with E-state index in [1.807, 2.05) is 0 Å². The molecule has 2 N–H and O–H groups in total. The van der Waals surface area contributed by atoms with Gasteiger partial charge in [-0.15, -0.1) is 0 Å². The van der Waals surface area contributed by atoms with Gasteiger partial charge in [-0.2, -0.15) is 0 Å². The second-order valence-electron chi connectivity index (χ2n) is 4.87. The Morgan fingerprint density at radius 1 is 1.53 bits per heavy atom. The molecule has 0 fully saturated rings. The predicted molar refractivity (Wildman–Crippen MR) is 60.5 cm³/mol. The lowest BCUT2D eigenvalue weighted by molar-refractivity contribution is -0.121. The second-order valence-corrected chi connectivity index (χ2v) is 4.87. The van der Waals surface area contributed by atoms with Crippen LogP contribution < -0.4 is 5.32 Å². The zero-order valence-corrected chi connectivity index (χ0v) is 9.68. The first kappa shape index (κ1) is 12.2. The van der Waals surface area contributed by atoms with Crippen LogP contribution in [0.4, 0.5) is 0 Å². The molecule has 1 rings (SSSR count). The molecule has 0 aromatic carbocycles. The number of carbonyl (C=O) groups is 1. The van der Waals surface area contributed by atoms with E-state index in [1.54, 1.807) is 13.8 Å². The van der Waals surface area contributed by atoms with E-state index in [9.17, 15) is 9.90 Å². The maximum atomic E-state index is 11.5. The fourth-order valence-electron chi connectivity index (χ4n) is 1.65. The van der Waals surface area contributed by atoms with Crippen molar-refractivity contribution in [2.24, 2.45) is 0 Å². The van der Waals surface area contributed by atoms with Crippen LogP contribution in [0.3, 0.4) is 0 Å². The number of aliphatic hydroxyl groups is 1. The van der Waals surface area contributed by atoms with E-state index in [0.717, 1.165) is 12.8 Å². The average molecular weight is 211 g/mol. The van der Waals surface area contributed by atoms with Crippen molar-refractivity contribution < 1.29 is 9.90 Å². The van der Waals surface area contributed by atoms with E-state index < -0.39 is 5.60 Å². The molecule has 0 heterocycles. The average Bonchev–Trinajstić information content (AvgIpc) is 2.15. The number of hydrogen-bond donors (Lipinski definition) is 2. The van der Waals surface area contributed by atoms with Crippen LogP contribution in [-0.2, 0) is 4.79 Å². The molecule has 0 bridgehead atoms. The van der Waals surface area contributed by atoms with Gasteiger partial charge in [-0.3, -0.25) is 4.79 Å². The van der Waals surface area contributed by atoms with Crippen molar-refractivity contribution in [3.05, 3.63) is 11.6 Å². The Balaban J connectivity index is 2.26. The van der Waals surface area contributed by atoms with Gasteiger partial charge in [-0.1, -0.05) is 11.6 Å². The fraction of sp³-hybridized carbons (Fsp3) is 0.750. The zero-order valence-electron chi connectivity index (χ0n) is 9.68. The summed E-state index contributed by atoms with van der Waals surface area (Å²) in [4.78, 5) is 11.5. The van der Waals surface area contributed by atoms with Gasteiger partial charge >= 0.3 is 0 Å². The highest BCUT2D eigenvalue weighted by Crippen LogP contribution is 2.19. The number of amides is 1. The van der Waals surface area contributed by atoms with Crippen molar-refractivity contribution in [3.63, 3.8) is 0 Å². The Hall–Kier alpha value is -0.830. The molecule has 1 aliphatic rings. The summed E-state index contributed by atoms with van der Waals surface area (Å²) < 4.78 is 0. The third kappa shape index (κ3) is 5.57. The minimum Gasteiger partial charge on any atom is -0.389 e. The van der Waals surface area contributed by atoms with E-state index in [4.69, 9.17) is 0 Å².